The largest absolute Gasteiger partial charge is 0.477 e. The van der Waals surface area contributed by atoms with Gasteiger partial charge in [-0.15, -0.1) is 0 Å². The predicted molar refractivity (Wildman–Crippen MR) is 73.5 cm³/mol. The number of aromatic nitrogens is 1. The number of rotatable bonds is 3. The van der Waals surface area contributed by atoms with E-state index in [-0.39, 0.29) is 17.3 Å². The van der Waals surface area contributed by atoms with Crippen LogP contribution in [-0.2, 0) is 6.54 Å². The Hall–Kier alpha value is -2.11. The molecule has 0 bridgehead atoms. The summed E-state index contributed by atoms with van der Waals surface area (Å²) in [5.41, 5.74) is 0.677. The summed E-state index contributed by atoms with van der Waals surface area (Å²) in [6.07, 6.45) is 3.50. The highest BCUT2D eigenvalue weighted by molar-refractivity contribution is 5.85. The lowest BCUT2D eigenvalue weighted by molar-refractivity contribution is 0.0690. The molecule has 0 aliphatic carbocycles. The van der Waals surface area contributed by atoms with Crippen molar-refractivity contribution in [2.75, 3.05) is 6.54 Å². The van der Waals surface area contributed by atoms with Crippen LogP contribution in [0.15, 0.2) is 18.3 Å². The first-order valence-corrected chi connectivity index (χ1v) is 6.64. The Kier molecular flexibility index (Phi) is 3.92. The normalized spacial score (nSPS) is 17.0. The number of hydrogen-bond donors (Lipinski definition) is 2. The van der Waals surface area contributed by atoms with Crippen LogP contribution in [-0.4, -0.2) is 39.1 Å². The number of likely N-dealkylation sites (tertiary alicyclic amines) is 1. The van der Waals surface area contributed by atoms with Crippen molar-refractivity contribution in [3.8, 4) is 0 Å². The molecular formula is C14H19N3O3. The average molecular weight is 277 g/mol. The van der Waals surface area contributed by atoms with Gasteiger partial charge in [-0.05, 0) is 38.3 Å². The predicted octanol–water partition coefficient (Wildman–Crippen LogP) is 1.86. The van der Waals surface area contributed by atoms with Gasteiger partial charge in [0.1, 0.15) is 5.69 Å². The second-order valence-corrected chi connectivity index (χ2v) is 5.58. The third-order valence-electron chi connectivity index (χ3n) is 3.63. The Bertz CT molecular complexity index is 511. The smallest absolute Gasteiger partial charge is 0.354 e. The van der Waals surface area contributed by atoms with Gasteiger partial charge >= 0.3 is 12.0 Å². The van der Waals surface area contributed by atoms with Gasteiger partial charge in [0, 0.05) is 24.8 Å². The number of carbonyl (C=O) groups is 2. The highest BCUT2D eigenvalue weighted by atomic mass is 16.4. The van der Waals surface area contributed by atoms with E-state index in [1.165, 1.54) is 12.3 Å². The molecule has 20 heavy (non-hydrogen) atoms. The average Bonchev–Trinajstić information content (AvgIpc) is 2.76. The summed E-state index contributed by atoms with van der Waals surface area (Å²) >= 11 is 0. The van der Waals surface area contributed by atoms with Gasteiger partial charge in [0.15, 0.2) is 0 Å². The summed E-state index contributed by atoms with van der Waals surface area (Å²) in [4.78, 5) is 28.5. The highest BCUT2D eigenvalue weighted by Gasteiger charge is 2.35. The minimum absolute atomic E-state index is 0.000697. The Morgan fingerprint density at radius 2 is 2.20 bits per heavy atom. The standard InChI is InChI=1S/C14H19N3O3/c1-14(2)6-3-7-17(14)13(20)16-9-10-4-5-11(12(18)19)15-8-10/h4-5,8H,3,6-7,9H2,1-2H3,(H,16,20)(H,18,19). The maximum atomic E-state index is 12.1. The maximum Gasteiger partial charge on any atom is 0.354 e. The molecule has 0 radical (unpaired) electrons. The zero-order chi connectivity index (χ0) is 14.8. The molecule has 1 aliphatic rings. The minimum atomic E-state index is -1.06. The molecule has 0 unspecified atom stereocenters. The molecule has 1 fully saturated rings. The third-order valence-corrected chi connectivity index (χ3v) is 3.63. The number of urea groups is 1. The molecule has 0 aromatic carbocycles. The molecule has 0 saturated carbocycles. The van der Waals surface area contributed by atoms with E-state index in [0.29, 0.717) is 6.54 Å². The lowest BCUT2D eigenvalue weighted by Gasteiger charge is -2.31. The highest BCUT2D eigenvalue weighted by Crippen LogP contribution is 2.27. The number of carbonyl (C=O) groups excluding carboxylic acids is 1. The van der Waals surface area contributed by atoms with Crippen molar-refractivity contribution in [3.63, 3.8) is 0 Å². The first kappa shape index (κ1) is 14.3. The number of hydrogen-bond acceptors (Lipinski definition) is 3. The Balaban J connectivity index is 1.92. The van der Waals surface area contributed by atoms with Crippen molar-refractivity contribution in [1.82, 2.24) is 15.2 Å². The molecule has 0 spiro atoms. The lowest BCUT2D eigenvalue weighted by atomic mass is 10.0. The first-order chi connectivity index (χ1) is 9.40. The van der Waals surface area contributed by atoms with Crippen LogP contribution >= 0.6 is 0 Å². The van der Waals surface area contributed by atoms with Gasteiger partial charge in [-0.2, -0.15) is 0 Å². The van der Waals surface area contributed by atoms with Crippen molar-refractivity contribution in [2.24, 2.45) is 0 Å². The van der Waals surface area contributed by atoms with E-state index in [4.69, 9.17) is 5.11 Å². The van der Waals surface area contributed by atoms with E-state index in [9.17, 15) is 9.59 Å². The fourth-order valence-electron chi connectivity index (χ4n) is 2.41. The molecule has 1 aromatic rings. The zero-order valence-electron chi connectivity index (χ0n) is 11.7. The zero-order valence-corrected chi connectivity index (χ0v) is 11.7. The van der Waals surface area contributed by atoms with Gasteiger partial charge in [-0.3, -0.25) is 0 Å². The summed E-state index contributed by atoms with van der Waals surface area (Å²) in [6, 6.07) is 3.00. The molecule has 108 valence electrons. The Morgan fingerprint density at radius 3 is 2.70 bits per heavy atom. The van der Waals surface area contributed by atoms with Gasteiger partial charge < -0.3 is 15.3 Å². The number of nitrogens with zero attached hydrogens (tertiary/aromatic N) is 2. The van der Waals surface area contributed by atoms with E-state index < -0.39 is 5.97 Å². The van der Waals surface area contributed by atoms with Gasteiger partial charge in [0.05, 0.1) is 0 Å². The van der Waals surface area contributed by atoms with Crippen LogP contribution in [0.2, 0.25) is 0 Å². The van der Waals surface area contributed by atoms with Crippen LogP contribution in [0.3, 0.4) is 0 Å². The summed E-state index contributed by atoms with van der Waals surface area (Å²) in [6.45, 7) is 5.24. The van der Waals surface area contributed by atoms with Crippen molar-refractivity contribution >= 4 is 12.0 Å². The molecule has 1 saturated heterocycles. The molecule has 2 heterocycles. The Morgan fingerprint density at radius 1 is 1.45 bits per heavy atom. The number of nitrogens with one attached hydrogen (secondary N) is 1. The summed E-state index contributed by atoms with van der Waals surface area (Å²) in [7, 11) is 0. The topological polar surface area (TPSA) is 82.5 Å². The van der Waals surface area contributed by atoms with Crippen molar-refractivity contribution in [1.29, 1.82) is 0 Å². The maximum absolute atomic E-state index is 12.1. The number of carboxylic acids is 1. The fourth-order valence-corrected chi connectivity index (χ4v) is 2.41. The fraction of sp³-hybridized carbons (Fsp3) is 0.500. The van der Waals surface area contributed by atoms with Crippen LogP contribution < -0.4 is 5.32 Å². The van der Waals surface area contributed by atoms with Crippen LogP contribution in [0.1, 0.15) is 42.7 Å². The number of aromatic carboxylic acids is 1. The molecular weight excluding hydrogens is 258 g/mol. The SMILES string of the molecule is CC1(C)CCCN1C(=O)NCc1ccc(C(=O)O)nc1. The number of pyridine rings is 1. The lowest BCUT2D eigenvalue weighted by Crippen LogP contribution is -2.47. The number of carboxylic acid groups (broad SMARTS) is 1. The van der Waals surface area contributed by atoms with Crippen molar-refractivity contribution in [3.05, 3.63) is 29.6 Å². The van der Waals surface area contributed by atoms with E-state index in [1.54, 1.807) is 6.07 Å². The van der Waals surface area contributed by atoms with Gasteiger partial charge in [-0.1, -0.05) is 6.07 Å². The Labute approximate surface area is 117 Å². The molecule has 6 heteroatoms. The van der Waals surface area contributed by atoms with Gasteiger partial charge in [-0.25, -0.2) is 14.6 Å². The molecule has 1 aromatic heterocycles. The first-order valence-electron chi connectivity index (χ1n) is 6.64. The third kappa shape index (κ3) is 3.07. The van der Waals surface area contributed by atoms with E-state index in [0.717, 1.165) is 24.9 Å². The summed E-state index contributed by atoms with van der Waals surface area (Å²) in [5.74, 6) is -1.06. The van der Waals surface area contributed by atoms with Crippen LogP contribution in [0, 0.1) is 0 Å². The summed E-state index contributed by atoms with van der Waals surface area (Å²) in [5, 5.41) is 11.6. The second kappa shape index (κ2) is 5.48. The monoisotopic (exact) mass is 277 g/mol. The van der Waals surface area contributed by atoms with Crippen molar-refractivity contribution < 1.29 is 14.7 Å². The van der Waals surface area contributed by atoms with Gasteiger partial charge in [0.2, 0.25) is 0 Å². The van der Waals surface area contributed by atoms with Crippen molar-refractivity contribution in [2.45, 2.75) is 38.8 Å². The molecule has 1 aliphatic heterocycles. The summed E-state index contributed by atoms with van der Waals surface area (Å²) < 4.78 is 0. The second-order valence-electron chi connectivity index (χ2n) is 5.58. The van der Waals surface area contributed by atoms with Crippen LogP contribution in [0.25, 0.3) is 0 Å². The molecule has 0 atom stereocenters. The number of amides is 2. The molecule has 2 amide bonds. The van der Waals surface area contributed by atoms with E-state index in [1.807, 2.05) is 4.90 Å². The van der Waals surface area contributed by atoms with Gasteiger partial charge in [0.25, 0.3) is 0 Å². The van der Waals surface area contributed by atoms with E-state index in [2.05, 4.69) is 24.1 Å². The quantitative estimate of drug-likeness (QED) is 0.883. The molecule has 2 rings (SSSR count). The minimum Gasteiger partial charge on any atom is -0.477 e. The molecule has 6 nitrogen and oxygen atoms in total. The van der Waals surface area contributed by atoms with Crippen LogP contribution in [0.5, 0.6) is 0 Å². The van der Waals surface area contributed by atoms with Crippen LogP contribution in [0.4, 0.5) is 4.79 Å². The van der Waals surface area contributed by atoms with E-state index >= 15 is 0 Å². The molecule has 2 N–H and O–H groups in total.